The fourth-order valence-corrected chi connectivity index (χ4v) is 6.67. The number of carbonyl (C=O) groups is 3. The number of amides is 2. The van der Waals surface area contributed by atoms with Crippen LogP contribution in [-0.4, -0.2) is 99.0 Å². The van der Waals surface area contributed by atoms with Crippen molar-refractivity contribution in [3.8, 4) is 5.75 Å². The van der Waals surface area contributed by atoms with Gasteiger partial charge in [-0.15, -0.1) is 0 Å². The number of carbonyl (C=O) groups excluding carboxylic acids is 3. The quantitative estimate of drug-likeness (QED) is 0.434. The lowest BCUT2D eigenvalue weighted by molar-refractivity contribution is -0.145. The molecule has 11 nitrogen and oxygen atoms in total. The minimum absolute atomic E-state index is 0.110. The average molecular weight is 587 g/mol. The van der Waals surface area contributed by atoms with Gasteiger partial charge in [0.15, 0.2) is 0 Å². The summed E-state index contributed by atoms with van der Waals surface area (Å²) in [4.78, 5) is 44.6. The molecular weight excluding hydrogens is 548 g/mol. The van der Waals surface area contributed by atoms with E-state index >= 15 is 0 Å². The lowest BCUT2D eigenvalue weighted by Crippen LogP contribution is -2.53. The molecule has 2 saturated heterocycles. The molecule has 0 N–H and O–H groups in total. The Morgan fingerprint density at radius 3 is 2.22 bits per heavy atom. The maximum absolute atomic E-state index is 14.1. The SMILES string of the molecule is CCOC(=O)[C@H](C)N(C(=O)[C@@H]1CCCN1S(=O)(=O)c1ccc(C)cc1)c1ccc(OC(=O)N2CCN(C)CC2)cc1. The van der Waals surface area contributed by atoms with Gasteiger partial charge in [0.05, 0.1) is 11.5 Å². The van der Waals surface area contributed by atoms with E-state index < -0.39 is 40.1 Å². The number of rotatable bonds is 8. The highest BCUT2D eigenvalue weighted by molar-refractivity contribution is 7.89. The van der Waals surface area contributed by atoms with Crippen LogP contribution in [0.2, 0.25) is 0 Å². The van der Waals surface area contributed by atoms with Gasteiger partial charge < -0.3 is 19.3 Å². The van der Waals surface area contributed by atoms with Gasteiger partial charge in [-0.1, -0.05) is 17.7 Å². The second kappa shape index (κ2) is 13.0. The molecular formula is C29H38N4O7S. The van der Waals surface area contributed by atoms with E-state index in [-0.39, 0.29) is 18.0 Å². The topological polar surface area (TPSA) is 117 Å². The Bertz CT molecular complexity index is 1340. The van der Waals surface area contributed by atoms with Crippen molar-refractivity contribution in [3.63, 3.8) is 0 Å². The molecule has 0 bridgehead atoms. The summed E-state index contributed by atoms with van der Waals surface area (Å²) in [6.45, 7) is 8.05. The molecule has 2 aromatic rings. The zero-order chi connectivity index (χ0) is 29.7. The minimum atomic E-state index is -3.95. The van der Waals surface area contributed by atoms with E-state index in [2.05, 4.69) is 4.90 Å². The Morgan fingerprint density at radius 1 is 0.976 bits per heavy atom. The molecule has 222 valence electrons. The standard InChI is InChI=1S/C29H38N4O7S/c1-5-39-28(35)22(3)33(23-10-12-24(13-11-23)40-29(36)31-19-17-30(4)18-20-31)27(34)26-7-6-16-32(26)41(37,38)25-14-8-21(2)9-15-25/h8-15,22,26H,5-7,16-20H2,1-4H3/t22-,26-/m0/s1. The predicted molar refractivity (Wildman–Crippen MR) is 153 cm³/mol. The monoisotopic (exact) mass is 586 g/mol. The smallest absolute Gasteiger partial charge is 0.415 e. The highest BCUT2D eigenvalue weighted by atomic mass is 32.2. The van der Waals surface area contributed by atoms with Gasteiger partial charge in [0.1, 0.15) is 17.8 Å². The van der Waals surface area contributed by atoms with Gasteiger partial charge in [-0.3, -0.25) is 9.69 Å². The largest absolute Gasteiger partial charge is 0.464 e. The molecule has 2 aromatic carbocycles. The highest BCUT2D eigenvalue weighted by Crippen LogP contribution is 2.31. The van der Waals surface area contributed by atoms with Crippen molar-refractivity contribution in [2.75, 3.05) is 51.3 Å². The molecule has 0 radical (unpaired) electrons. The second-order valence-corrected chi connectivity index (χ2v) is 12.3. The summed E-state index contributed by atoms with van der Waals surface area (Å²) in [6, 6.07) is 10.7. The summed E-state index contributed by atoms with van der Waals surface area (Å²) in [5.41, 5.74) is 1.28. The van der Waals surface area contributed by atoms with E-state index in [4.69, 9.17) is 9.47 Å². The van der Waals surface area contributed by atoms with Crippen LogP contribution >= 0.6 is 0 Å². The molecule has 0 aromatic heterocycles. The number of piperazine rings is 1. The fraction of sp³-hybridized carbons (Fsp3) is 0.483. The third kappa shape index (κ3) is 6.88. The first-order valence-corrected chi connectivity index (χ1v) is 15.3. The van der Waals surface area contributed by atoms with Crippen LogP contribution in [0.1, 0.15) is 32.3 Å². The first-order chi connectivity index (χ1) is 19.5. The van der Waals surface area contributed by atoms with Crippen molar-refractivity contribution in [3.05, 3.63) is 54.1 Å². The average Bonchev–Trinajstić information content (AvgIpc) is 3.46. The Hall–Kier alpha value is -3.48. The molecule has 0 aliphatic carbocycles. The number of aryl methyl sites for hydroxylation is 1. The first kappa shape index (κ1) is 30.5. The zero-order valence-corrected chi connectivity index (χ0v) is 24.8. The summed E-state index contributed by atoms with van der Waals surface area (Å²) in [5, 5.41) is 0. The number of hydrogen-bond donors (Lipinski definition) is 0. The maximum Gasteiger partial charge on any atom is 0.415 e. The number of esters is 1. The van der Waals surface area contributed by atoms with Crippen LogP contribution < -0.4 is 9.64 Å². The third-order valence-electron chi connectivity index (χ3n) is 7.45. The number of likely N-dealkylation sites (N-methyl/N-ethyl adjacent to an activating group) is 1. The predicted octanol–water partition coefficient (Wildman–Crippen LogP) is 2.88. The van der Waals surface area contributed by atoms with Gasteiger partial charge in [0, 0.05) is 38.4 Å². The van der Waals surface area contributed by atoms with Crippen molar-refractivity contribution < 1.29 is 32.3 Å². The number of sulfonamides is 1. The Labute approximate surface area is 241 Å². The Morgan fingerprint density at radius 2 is 1.61 bits per heavy atom. The van der Waals surface area contributed by atoms with Crippen LogP contribution in [0, 0.1) is 6.92 Å². The lowest BCUT2D eigenvalue weighted by Gasteiger charge is -2.33. The number of ether oxygens (including phenoxy) is 2. The van der Waals surface area contributed by atoms with Crippen molar-refractivity contribution in [1.29, 1.82) is 0 Å². The summed E-state index contributed by atoms with van der Waals surface area (Å²) in [5.74, 6) is -0.850. The molecule has 41 heavy (non-hydrogen) atoms. The molecule has 2 fully saturated rings. The van der Waals surface area contributed by atoms with Gasteiger partial charge in [0.2, 0.25) is 15.9 Å². The molecule has 2 aliphatic rings. The summed E-state index contributed by atoms with van der Waals surface area (Å²) >= 11 is 0. The van der Waals surface area contributed by atoms with Crippen LogP contribution in [0.25, 0.3) is 0 Å². The molecule has 2 heterocycles. The van der Waals surface area contributed by atoms with Crippen LogP contribution in [0.3, 0.4) is 0 Å². The Balaban J connectivity index is 1.58. The van der Waals surface area contributed by atoms with E-state index in [1.54, 1.807) is 55.1 Å². The molecule has 4 rings (SSSR count). The van der Waals surface area contributed by atoms with Gasteiger partial charge in [0.25, 0.3) is 0 Å². The van der Waals surface area contributed by atoms with Gasteiger partial charge in [-0.05, 0) is 77.1 Å². The maximum atomic E-state index is 14.1. The molecule has 2 aliphatic heterocycles. The normalized spacial score (nSPS) is 19.0. The van der Waals surface area contributed by atoms with E-state index in [1.165, 1.54) is 21.3 Å². The van der Waals surface area contributed by atoms with Gasteiger partial charge in [-0.25, -0.2) is 18.0 Å². The number of hydrogen-bond acceptors (Lipinski definition) is 8. The number of anilines is 1. The van der Waals surface area contributed by atoms with E-state index in [0.29, 0.717) is 37.4 Å². The van der Waals surface area contributed by atoms with Crippen LogP contribution in [0.5, 0.6) is 5.75 Å². The molecule has 12 heteroatoms. The first-order valence-electron chi connectivity index (χ1n) is 13.9. The van der Waals surface area contributed by atoms with Crippen molar-refractivity contribution in [2.24, 2.45) is 0 Å². The molecule has 2 amide bonds. The van der Waals surface area contributed by atoms with Crippen molar-refractivity contribution in [2.45, 2.75) is 50.6 Å². The van der Waals surface area contributed by atoms with Gasteiger partial charge >= 0.3 is 12.1 Å². The second-order valence-electron chi connectivity index (χ2n) is 10.4. The summed E-state index contributed by atoms with van der Waals surface area (Å²) in [7, 11) is -1.96. The van der Waals surface area contributed by atoms with Crippen molar-refractivity contribution in [1.82, 2.24) is 14.1 Å². The van der Waals surface area contributed by atoms with Gasteiger partial charge in [-0.2, -0.15) is 4.31 Å². The number of nitrogens with zero attached hydrogens (tertiary/aromatic N) is 4. The lowest BCUT2D eigenvalue weighted by atomic mass is 10.1. The minimum Gasteiger partial charge on any atom is -0.464 e. The molecule has 0 unspecified atom stereocenters. The molecule has 0 saturated carbocycles. The Kier molecular flexibility index (Phi) is 9.67. The number of benzene rings is 2. The van der Waals surface area contributed by atoms with E-state index in [0.717, 1.165) is 18.7 Å². The van der Waals surface area contributed by atoms with Crippen LogP contribution in [0.4, 0.5) is 10.5 Å². The summed E-state index contributed by atoms with van der Waals surface area (Å²) in [6.07, 6.45) is 0.364. The molecule has 2 atom stereocenters. The fourth-order valence-electron chi connectivity index (χ4n) is 5.02. The third-order valence-corrected chi connectivity index (χ3v) is 9.37. The van der Waals surface area contributed by atoms with Crippen LogP contribution in [0.15, 0.2) is 53.4 Å². The summed E-state index contributed by atoms with van der Waals surface area (Å²) < 4.78 is 39.0. The highest BCUT2D eigenvalue weighted by Gasteiger charge is 2.43. The van der Waals surface area contributed by atoms with Crippen molar-refractivity contribution >= 4 is 33.7 Å². The zero-order valence-electron chi connectivity index (χ0n) is 24.0. The van der Waals surface area contributed by atoms with E-state index in [9.17, 15) is 22.8 Å². The van der Waals surface area contributed by atoms with Crippen LogP contribution in [-0.2, 0) is 24.3 Å². The molecule has 0 spiro atoms. The van der Waals surface area contributed by atoms with E-state index in [1.807, 2.05) is 14.0 Å².